The van der Waals surface area contributed by atoms with E-state index in [2.05, 4.69) is 10.3 Å². The third-order valence-electron chi connectivity index (χ3n) is 4.08. The fourth-order valence-corrected chi connectivity index (χ4v) is 4.81. The van der Waals surface area contributed by atoms with E-state index in [-0.39, 0.29) is 23.8 Å². The van der Waals surface area contributed by atoms with E-state index in [1.54, 1.807) is 30.0 Å². The summed E-state index contributed by atoms with van der Waals surface area (Å²) in [4.78, 5) is 4.02. The number of rotatable bonds is 3. The first-order chi connectivity index (χ1) is 10.9. The predicted molar refractivity (Wildman–Crippen MR) is 91.1 cm³/mol. The van der Waals surface area contributed by atoms with Gasteiger partial charge in [-0.15, -0.1) is 12.4 Å². The molecule has 2 aromatic rings. The van der Waals surface area contributed by atoms with Gasteiger partial charge in [0.1, 0.15) is 16.5 Å². The number of nitrogens with zero attached hydrogens (tertiary/aromatic N) is 3. The molecular formula is C15H20ClFN4O2S. The number of hydrogen-bond acceptors (Lipinski definition) is 4. The smallest absolute Gasteiger partial charge is 0.247 e. The number of imidazole rings is 1. The SMILES string of the molecule is Cc1cccc(F)c1S(=O)(=O)N1CCNCC1c1nccn1C.Cl. The Morgan fingerprint density at radius 1 is 1.38 bits per heavy atom. The van der Waals surface area contributed by atoms with E-state index < -0.39 is 21.9 Å². The minimum Gasteiger partial charge on any atom is -0.337 e. The molecule has 1 aliphatic heterocycles. The molecule has 1 aliphatic rings. The second kappa shape index (κ2) is 7.18. The van der Waals surface area contributed by atoms with Crippen molar-refractivity contribution in [1.82, 2.24) is 19.2 Å². The van der Waals surface area contributed by atoms with E-state index in [4.69, 9.17) is 0 Å². The van der Waals surface area contributed by atoms with Crippen LogP contribution in [0, 0.1) is 12.7 Å². The Kier molecular flexibility index (Phi) is 5.64. The topological polar surface area (TPSA) is 67.2 Å². The summed E-state index contributed by atoms with van der Waals surface area (Å²) in [6, 6.07) is 3.83. The summed E-state index contributed by atoms with van der Waals surface area (Å²) in [7, 11) is -2.13. The number of sulfonamides is 1. The highest BCUT2D eigenvalue weighted by atomic mass is 35.5. The Morgan fingerprint density at radius 2 is 2.12 bits per heavy atom. The highest BCUT2D eigenvalue weighted by Crippen LogP contribution is 2.30. The number of nitrogens with one attached hydrogen (secondary N) is 1. The molecule has 1 N–H and O–H groups in total. The van der Waals surface area contributed by atoms with E-state index in [0.717, 1.165) is 0 Å². The Balaban J connectivity index is 0.00000208. The Labute approximate surface area is 147 Å². The first-order valence-electron chi connectivity index (χ1n) is 7.38. The van der Waals surface area contributed by atoms with Crippen LogP contribution in [0.5, 0.6) is 0 Å². The van der Waals surface area contributed by atoms with Gasteiger partial charge in [0.15, 0.2) is 0 Å². The van der Waals surface area contributed by atoms with Gasteiger partial charge in [0.25, 0.3) is 0 Å². The lowest BCUT2D eigenvalue weighted by Crippen LogP contribution is -2.49. The maximum Gasteiger partial charge on any atom is 0.247 e. The van der Waals surface area contributed by atoms with Crippen molar-refractivity contribution in [1.29, 1.82) is 0 Å². The largest absolute Gasteiger partial charge is 0.337 e. The van der Waals surface area contributed by atoms with Crippen LogP contribution in [0.3, 0.4) is 0 Å². The zero-order valence-corrected chi connectivity index (χ0v) is 15.1. The molecule has 0 bridgehead atoms. The average molecular weight is 375 g/mol. The molecule has 0 aliphatic carbocycles. The lowest BCUT2D eigenvalue weighted by atomic mass is 10.2. The minimum absolute atomic E-state index is 0. The van der Waals surface area contributed by atoms with Gasteiger partial charge in [0, 0.05) is 39.1 Å². The molecule has 0 saturated carbocycles. The van der Waals surface area contributed by atoms with Gasteiger partial charge < -0.3 is 9.88 Å². The predicted octanol–water partition coefficient (Wildman–Crippen LogP) is 1.62. The van der Waals surface area contributed by atoms with Crippen LogP contribution >= 0.6 is 12.4 Å². The third-order valence-corrected chi connectivity index (χ3v) is 6.17. The zero-order valence-electron chi connectivity index (χ0n) is 13.4. The van der Waals surface area contributed by atoms with Gasteiger partial charge >= 0.3 is 0 Å². The maximum atomic E-state index is 14.2. The van der Waals surface area contributed by atoms with Crippen LogP contribution in [0.25, 0.3) is 0 Å². The second-order valence-electron chi connectivity index (χ2n) is 5.62. The summed E-state index contributed by atoms with van der Waals surface area (Å²) in [5.41, 5.74) is 0.405. The van der Waals surface area contributed by atoms with E-state index in [1.165, 1.54) is 16.4 Å². The van der Waals surface area contributed by atoms with E-state index in [9.17, 15) is 12.8 Å². The van der Waals surface area contributed by atoms with Crippen molar-refractivity contribution in [2.24, 2.45) is 7.05 Å². The molecule has 2 heterocycles. The number of aryl methyl sites for hydroxylation is 2. The van der Waals surface area contributed by atoms with E-state index in [0.29, 0.717) is 24.5 Å². The number of hydrogen-bond donors (Lipinski definition) is 1. The van der Waals surface area contributed by atoms with E-state index in [1.807, 2.05) is 7.05 Å². The molecule has 0 amide bonds. The summed E-state index contributed by atoms with van der Waals surface area (Å²) in [6.45, 7) is 2.84. The fraction of sp³-hybridized carbons (Fsp3) is 0.400. The van der Waals surface area contributed by atoms with Crippen molar-refractivity contribution in [3.8, 4) is 0 Å². The average Bonchev–Trinajstić information content (AvgIpc) is 2.93. The molecule has 1 aromatic carbocycles. The molecule has 0 radical (unpaired) electrons. The van der Waals surface area contributed by atoms with E-state index >= 15 is 0 Å². The monoisotopic (exact) mass is 374 g/mol. The molecule has 9 heteroatoms. The number of halogens is 2. The van der Waals surface area contributed by atoms with Crippen LogP contribution in [0.1, 0.15) is 17.4 Å². The fourth-order valence-electron chi connectivity index (χ4n) is 2.95. The minimum atomic E-state index is -3.95. The lowest BCUT2D eigenvalue weighted by Gasteiger charge is -2.35. The molecule has 6 nitrogen and oxygen atoms in total. The van der Waals surface area contributed by atoms with Crippen LogP contribution in [0.2, 0.25) is 0 Å². The Bertz CT molecular complexity index is 804. The summed E-state index contributed by atoms with van der Waals surface area (Å²) in [6.07, 6.45) is 3.40. The molecule has 132 valence electrons. The van der Waals surface area contributed by atoms with Gasteiger partial charge in [-0.2, -0.15) is 4.31 Å². The molecule has 24 heavy (non-hydrogen) atoms. The normalized spacial score (nSPS) is 19.0. The van der Waals surface area contributed by atoms with Crippen LogP contribution in [-0.2, 0) is 17.1 Å². The quantitative estimate of drug-likeness (QED) is 0.886. The summed E-state index contributed by atoms with van der Waals surface area (Å²) in [5, 5.41) is 3.18. The van der Waals surface area contributed by atoms with Gasteiger partial charge in [-0.25, -0.2) is 17.8 Å². The van der Waals surface area contributed by atoms with Gasteiger partial charge in [-0.3, -0.25) is 0 Å². The standard InChI is InChI=1S/C15H19FN4O2S.ClH/c1-11-4-3-5-12(16)14(11)23(21,22)20-9-6-17-10-13(20)15-18-7-8-19(15)2;/h3-5,7-8,13,17H,6,9-10H2,1-2H3;1H. The van der Waals surface area contributed by atoms with Gasteiger partial charge in [0.2, 0.25) is 10.0 Å². The summed E-state index contributed by atoms with van der Waals surface area (Å²) < 4.78 is 43.5. The van der Waals surface area contributed by atoms with Crippen LogP contribution in [0.4, 0.5) is 4.39 Å². The van der Waals surface area contributed by atoms with Gasteiger partial charge in [-0.1, -0.05) is 12.1 Å². The second-order valence-corrected chi connectivity index (χ2v) is 7.45. The van der Waals surface area contributed by atoms with Crippen molar-refractivity contribution < 1.29 is 12.8 Å². The van der Waals surface area contributed by atoms with Gasteiger partial charge in [-0.05, 0) is 18.6 Å². The highest BCUT2D eigenvalue weighted by molar-refractivity contribution is 7.89. The number of piperazine rings is 1. The zero-order chi connectivity index (χ0) is 16.6. The molecular weight excluding hydrogens is 355 g/mol. The molecule has 1 aromatic heterocycles. The lowest BCUT2D eigenvalue weighted by molar-refractivity contribution is 0.257. The van der Waals surface area contributed by atoms with Crippen molar-refractivity contribution in [3.63, 3.8) is 0 Å². The van der Waals surface area contributed by atoms with Crippen molar-refractivity contribution >= 4 is 22.4 Å². The summed E-state index contributed by atoms with van der Waals surface area (Å²) in [5.74, 6) is -0.0862. The first-order valence-corrected chi connectivity index (χ1v) is 8.82. The molecule has 3 rings (SSSR count). The molecule has 1 saturated heterocycles. The van der Waals surface area contributed by atoms with Crippen molar-refractivity contribution in [2.75, 3.05) is 19.6 Å². The molecule has 1 unspecified atom stereocenters. The molecule has 1 atom stereocenters. The van der Waals surface area contributed by atoms with Crippen molar-refractivity contribution in [3.05, 3.63) is 47.8 Å². The molecule has 1 fully saturated rings. The van der Waals surface area contributed by atoms with Crippen LogP contribution in [0.15, 0.2) is 35.5 Å². The van der Waals surface area contributed by atoms with Crippen LogP contribution in [-0.4, -0.2) is 41.9 Å². The Morgan fingerprint density at radius 3 is 2.75 bits per heavy atom. The first kappa shape index (κ1) is 18.9. The maximum absolute atomic E-state index is 14.2. The molecule has 0 spiro atoms. The Hall–Kier alpha value is -1.48. The van der Waals surface area contributed by atoms with Crippen molar-refractivity contribution in [2.45, 2.75) is 17.9 Å². The summed E-state index contributed by atoms with van der Waals surface area (Å²) >= 11 is 0. The highest BCUT2D eigenvalue weighted by Gasteiger charge is 2.38. The van der Waals surface area contributed by atoms with Crippen LogP contribution < -0.4 is 5.32 Å². The number of aromatic nitrogens is 2. The van der Waals surface area contributed by atoms with Gasteiger partial charge in [0.05, 0.1) is 6.04 Å². The third kappa shape index (κ3) is 3.19. The number of benzene rings is 1.